The molecule has 0 aromatic carbocycles. The van der Waals surface area contributed by atoms with Crippen molar-refractivity contribution in [3.8, 4) is 0 Å². The number of aliphatic hydroxyl groups is 1. The highest BCUT2D eigenvalue weighted by Gasteiger charge is 2.12. The van der Waals surface area contributed by atoms with E-state index >= 15 is 0 Å². The molecule has 14 heavy (non-hydrogen) atoms. The first kappa shape index (κ1) is 13.4. The molecular weight excluding hydrogens is 180 g/mol. The highest BCUT2D eigenvalue weighted by molar-refractivity contribution is 5.78. The minimum absolute atomic E-state index is 0.0244. The van der Waals surface area contributed by atoms with Gasteiger partial charge in [-0.05, 0) is 27.2 Å². The van der Waals surface area contributed by atoms with Crippen molar-refractivity contribution in [2.24, 2.45) is 0 Å². The number of rotatable bonds is 6. The third kappa shape index (κ3) is 8.01. The van der Waals surface area contributed by atoms with Crippen LogP contribution in [0.3, 0.4) is 0 Å². The summed E-state index contributed by atoms with van der Waals surface area (Å²) in [4.78, 5) is 11.2. The van der Waals surface area contributed by atoms with Gasteiger partial charge in [-0.25, -0.2) is 0 Å². The van der Waals surface area contributed by atoms with Gasteiger partial charge in [0, 0.05) is 12.6 Å². The summed E-state index contributed by atoms with van der Waals surface area (Å²) in [7, 11) is 0. The number of carbonyl (C=O) groups excluding carboxylic acids is 1. The second kappa shape index (κ2) is 5.98. The predicted octanol–water partition coefficient (Wildman–Crippen LogP) is 0.262. The van der Waals surface area contributed by atoms with Gasteiger partial charge in [-0.1, -0.05) is 6.92 Å². The van der Waals surface area contributed by atoms with Crippen LogP contribution in [0.1, 0.15) is 34.1 Å². The van der Waals surface area contributed by atoms with Gasteiger partial charge in [0.2, 0.25) is 5.91 Å². The Hall–Kier alpha value is -0.610. The number of hydrogen-bond donors (Lipinski definition) is 3. The summed E-state index contributed by atoms with van der Waals surface area (Å²) in [6.07, 6.45) is 0.928. The Kier molecular flexibility index (Phi) is 5.72. The Bertz CT molecular complexity index is 175. The quantitative estimate of drug-likeness (QED) is 0.579. The highest BCUT2D eigenvalue weighted by atomic mass is 16.3. The zero-order valence-corrected chi connectivity index (χ0v) is 9.55. The first-order valence-electron chi connectivity index (χ1n) is 5.07. The van der Waals surface area contributed by atoms with Crippen LogP contribution >= 0.6 is 0 Å². The van der Waals surface area contributed by atoms with E-state index in [1.165, 1.54) is 0 Å². The molecule has 4 heteroatoms. The second-order valence-electron chi connectivity index (χ2n) is 4.29. The van der Waals surface area contributed by atoms with E-state index in [-0.39, 0.29) is 18.5 Å². The van der Waals surface area contributed by atoms with E-state index in [2.05, 4.69) is 10.6 Å². The van der Waals surface area contributed by atoms with Crippen molar-refractivity contribution in [3.05, 3.63) is 0 Å². The molecule has 0 bridgehead atoms. The molecule has 1 unspecified atom stereocenters. The maximum absolute atomic E-state index is 11.2. The lowest BCUT2D eigenvalue weighted by Crippen LogP contribution is -2.43. The molecule has 4 nitrogen and oxygen atoms in total. The Morgan fingerprint density at radius 3 is 2.50 bits per heavy atom. The summed E-state index contributed by atoms with van der Waals surface area (Å²) in [5, 5.41) is 15.1. The fraction of sp³-hybridized carbons (Fsp3) is 0.900. The van der Waals surface area contributed by atoms with Crippen LogP contribution in [0.15, 0.2) is 0 Å². The fourth-order valence-corrected chi connectivity index (χ4v) is 0.910. The topological polar surface area (TPSA) is 61.4 Å². The molecule has 0 aromatic heterocycles. The minimum Gasteiger partial charge on any atom is -0.389 e. The van der Waals surface area contributed by atoms with E-state index in [4.69, 9.17) is 0 Å². The molecule has 0 heterocycles. The lowest BCUT2D eigenvalue weighted by molar-refractivity contribution is -0.120. The molecule has 3 N–H and O–H groups in total. The maximum Gasteiger partial charge on any atom is 0.234 e. The third-order valence-electron chi connectivity index (χ3n) is 1.86. The predicted molar refractivity (Wildman–Crippen MR) is 57.1 cm³/mol. The van der Waals surface area contributed by atoms with Crippen molar-refractivity contribution in [2.75, 3.05) is 13.1 Å². The average Bonchev–Trinajstić information content (AvgIpc) is 2.01. The standard InChI is InChI=1S/C10H22N2O2/c1-5-8(2)12-9(13)6-11-7-10(3,4)14/h8,11,14H,5-7H2,1-4H3,(H,12,13). The summed E-state index contributed by atoms with van der Waals surface area (Å²) in [5.74, 6) is -0.0244. The number of carbonyl (C=O) groups is 1. The number of amides is 1. The first-order valence-corrected chi connectivity index (χ1v) is 5.07. The smallest absolute Gasteiger partial charge is 0.234 e. The van der Waals surface area contributed by atoms with Crippen LogP contribution in [0.2, 0.25) is 0 Å². The summed E-state index contributed by atoms with van der Waals surface area (Å²) in [6, 6.07) is 0.214. The molecule has 0 aromatic rings. The summed E-state index contributed by atoms with van der Waals surface area (Å²) < 4.78 is 0. The largest absolute Gasteiger partial charge is 0.389 e. The molecule has 84 valence electrons. The van der Waals surface area contributed by atoms with Gasteiger partial charge in [-0.3, -0.25) is 4.79 Å². The molecule has 1 amide bonds. The highest BCUT2D eigenvalue weighted by Crippen LogP contribution is 1.96. The molecule has 0 saturated carbocycles. The van der Waals surface area contributed by atoms with Crippen LogP contribution < -0.4 is 10.6 Å². The second-order valence-corrected chi connectivity index (χ2v) is 4.29. The van der Waals surface area contributed by atoms with Gasteiger partial charge < -0.3 is 15.7 Å². The van der Waals surface area contributed by atoms with Crippen molar-refractivity contribution in [2.45, 2.75) is 45.8 Å². The van der Waals surface area contributed by atoms with Gasteiger partial charge >= 0.3 is 0 Å². The molecule has 0 saturated heterocycles. The van der Waals surface area contributed by atoms with Gasteiger partial charge in [-0.15, -0.1) is 0 Å². The van der Waals surface area contributed by atoms with Crippen LogP contribution in [0, 0.1) is 0 Å². The van der Waals surface area contributed by atoms with E-state index in [0.717, 1.165) is 6.42 Å². The molecule has 0 radical (unpaired) electrons. The van der Waals surface area contributed by atoms with Crippen LogP contribution in [-0.2, 0) is 4.79 Å². The van der Waals surface area contributed by atoms with Crippen LogP contribution in [-0.4, -0.2) is 35.7 Å². The third-order valence-corrected chi connectivity index (χ3v) is 1.86. The van der Waals surface area contributed by atoms with Gasteiger partial charge in [0.25, 0.3) is 0 Å². The molecule has 0 aliphatic heterocycles. The Balaban J connectivity index is 3.55. The van der Waals surface area contributed by atoms with Crippen molar-refractivity contribution >= 4 is 5.91 Å². The van der Waals surface area contributed by atoms with E-state index < -0.39 is 5.60 Å². The molecule has 1 atom stereocenters. The zero-order valence-electron chi connectivity index (χ0n) is 9.55. The Labute approximate surface area is 86.1 Å². The van der Waals surface area contributed by atoms with Crippen molar-refractivity contribution in [3.63, 3.8) is 0 Å². The van der Waals surface area contributed by atoms with E-state index in [9.17, 15) is 9.90 Å². The van der Waals surface area contributed by atoms with E-state index in [1.54, 1.807) is 13.8 Å². The molecule has 0 aliphatic carbocycles. The van der Waals surface area contributed by atoms with Gasteiger partial charge in [0.05, 0.1) is 12.1 Å². The van der Waals surface area contributed by atoms with Gasteiger partial charge in [0.15, 0.2) is 0 Å². The maximum atomic E-state index is 11.2. The van der Waals surface area contributed by atoms with Gasteiger partial charge in [0.1, 0.15) is 0 Å². The Morgan fingerprint density at radius 2 is 2.07 bits per heavy atom. The SMILES string of the molecule is CCC(C)NC(=O)CNCC(C)(C)O. The van der Waals surface area contributed by atoms with Gasteiger partial charge in [-0.2, -0.15) is 0 Å². The van der Waals surface area contributed by atoms with Crippen LogP contribution in [0.5, 0.6) is 0 Å². The van der Waals surface area contributed by atoms with Crippen LogP contribution in [0.25, 0.3) is 0 Å². The van der Waals surface area contributed by atoms with E-state index in [1.807, 2.05) is 13.8 Å². The van der Waals surface area contributed by atoms with Crippen molar-refractivity contribution < 1.29 is 9.90 Å². The minimum atomic E-state index is -0.767. The summed E-state index contributed by atoms with van der Waals surface area (Å²) >= 11 is 0. The van der Waals surface area contributed by atoms with E-state index in [0.29, 0.717) is 6.54 Å². The zero-order chi connectivity index (χ0) is 11.2. The molecule has 0 fully saturated rings. The summed E-state index contributed by atoms with van der Waals surface area (Å²) in [5.41, 5.74) is -0.767. The monoisotopic (exact) mass is 202 g/mol. The molecule has 0 spiro atoms. The lowest BCUT2D eigenvalue weighted by atomic mass is 10.1. The lowest BCUT2D eigenvalue weighted by Gasteiger charge is -2.18. The van der Waals surface area contributed by atoms with Crippen LogP contribution in [0.4, 0.5) is 0 Å². The average molecular weight is 202 g/mol. The normalized spacial score (nSPS) is 13.8. The number of hydrogen-bond acceptors (Lipinski definition) is 3. The fourth-order valence-electron chi connectivity index (χ4n) is 0.910. The molecular formula is C10H22N2O2. The summed E-state index contributed by atoms with van der Waals surface area (Å²) in [6.45, 7) is 8.07. The molecule has 0 aliphatic rings. The number of nitrogens with one attached hydrogen (secondary N) is 2. The Morgan fingerprint density at radius 1 is 1.50 bits per heavy atom. The molecule has 0 rings (SSSR count). The van der Waals surface area contributed by atoms with Crippen molar-refractivity contribution in [1.29, 1.82) is 0 Å². The van der Waals surface area contributed by atoms with Crippen molar-refractivity contribution in [1.82, 2.24) is 10.6 Å². The first-order chi connectivity index (χ1) is 6.35.